The summed E-state index contributed by atoms with van der Waals surface area (Å²) in [7, 11) is -1.06. The lowest BCUT2D eigenvalue weighted by Crippen LogP contribution is -2.48. The summed E-state index contributed by atoms with van der Waals surface area (Å²) in [6.07, 6.45) is 2.03. The van der Waals surface area contributed by atoms with Crippen LogP contribution in [0.2, 0.25) is 0 Å². The smallest absolute Gasteiger partial charge is 0.508 e. The predicted octanol–water partition coefficient (Wildman–Crippen LogP) is 3.61. The number of hydrogen-bond donors (Lipinski definition) is 2. The SMILES string of the molecule is CC1(C)OB(C(F)=C2CC3(CCNCC3)Oc3ccc(O)cc32)OC1(C)C. The maximum absolute atomic E-state index is 15.7. The Balaban J connectivity index is 1.78. The van der Waals surface area contributed by atoms with Crippen LogP contribution in [0.5, 0.6) is 11.5 Å². The second kappa shape index (κ2) is 6.22. The molecule has 0 radical (unpaired) electrons. The summed E-state index contributed by atoms with van der Waals surface area (Å²) in [5.74, 6) is 0.681. The molecule has 4 rings (SSSR count). The van der Waals surface area contributed by atoms with Crippen LogP contribution in [0, 0.1) is 0 Å². The van der Waals surface area contributed by atoms with Gasteiger partial charge in [0.05, 0.1) is 11.2 Å². The summed E-state index contributed by atoms with van der Waals surface area (Å²) in [5, 5.41) is 13.3. The number of phenolic OH excluding ortho intramolecular Hbond substituents is 1. The molecule has 2 saturated heterocycles. The molecule has 0 amide bonds. The van der Waals surface area contributed by atoms with Crippen LogP contribution in [0.15, 0.2) is 23.9 Å². The van der Waals surface area contributed by atoms with Crippen molar-refractivity contribution >= 4 is 12.7 Å². The van der Waals surface area contributed by atoms with E-state index < -0.39 is 29.6 Å². The number of phenols is 1. The van der Waals surface area contributed by atoms with Crippen molar-refractivity contribution in [1.82, 2.24) is 5.32 Å². The summed E-state index contributed by atoms with van der Waals surface area (Å²) < 4.78 is 33.9. The normalized spacial score (nSPS) is 27.2. The highest BCUT2D eigenvalue weighted by atomic mass is 19.1. The zero-order chi connectivity index (χ0) is 19.4. The molecule has 3 aliphatic heterocycles. The molecule has 0 aliphatic carbocycles. The Morgan fingerprint density at radius 3 is 2.37 bits per heavy atom. The molecule has 27 heavy (non-hydrogen) atoms. The number of piperidine rings is 1. The third kappa shape index (κ3) is 3.16. The van der Waals surface area contributed by atoms with Gasteiger partial charge in [-0.3, -0.25) is 0 Å². The fraction of sp³-hybridized carbons (Fsp3) is 0.600. The molecule has 3 aliphatic rings. The van der Waals surface area contributed by atoms with Crippen LogP contribution in [-0.4, -0.2) is 42.1 Å². The average Bonchev–Trinajstić information content (AvgIpc) is 2.82. The Kier molecular flexibility index (Phi) is 4.33. The lowest BCUT2D eigenvalue weighted by atomic mass is 9.75. The van der Waals surface area contributed by atoms with E-state index >= 15 is 4.39 Å². The van der Waals surface area contributed by atoms with Gasteiger partial charge in [-0.2, -0.15) is 0 Å². The molecule has 0 unspecified atom stereocenters. The minimum atomic E-state index is -1.06. The first-order valence-electron chi connectivity index (χ1n) is 9.60. The third-order valence-corrected chi connectivity index (χ3v) is 6.38. The van der Waals surface area contributed by atoms with Crippen LogP contribution in [0.1, 0.15) is 52.5 Å². The quantitative estimate of drug-likeness (QED) is 0.735. The largest absolute Gasteiger partial charge is 0.525 e. The van der Waals surface area contributed by atoms with Gasteiger partial charge in [0.15, 0.2) is 0 Å². The Morgan fingerprint density at radius 2 is 1.74 bits per heavy atom. The number of rotatable bonds is 1. The van der Waals surface area contributed by atoms with Gasteiger partial charge in [0, 0.05) is 12.0 Å². The molecule has 5 nitrogen and oxygen atoms in total. The molecule has 1 aromatic rings. The number of benzene rings is 1. The first kappa shape index (κ1) is 18.8. The van der Waals surface area contributed by atoms with Crippen LogP contribution >= 0.6 is 0 Å². The predicted molar refractivity (Wildman–Crippen MR) is 102 cm³/mol. The summed E-state index contributed by atoms with van der Waals surface area (Å²) >= 11 is 0. The van der Waals surface area contributed by atoms with Crippen LogP contribution in [0.4, 0.5) is 4.39 Å². The van der Waals surface area contributed by atoms with Crippen LogP contribution < -0.4 is 10.1 Å². The number of halogens is 1. The minimum absolute atomic E-state index is 0.0813. The van der Waals surface area contributed by atoms with E-state index in [9.17, 15) is 5.11 Å². The van der Waals surface area contributed by atoms with Crippen molar-refractivity contribution in [3.05, 3.63) is 29.5 Å². The Labute approximate surface area is 160 Å². The summed E-state index contributed by atoms with van der Waals surface area (Å²) in [5.41, 5.74) is -1.02. The lowest BCUT2D eigenvalue weighted by Gasteiger charge is -2.42. The first-order chi connectivity index (χ1) is 12.6. The van der Waals surface area contributed by atoms with Crippen molar-refractivity contribution in [2.75, 3.05) is 13.1 Å². The van der Waals surface area contributed by atoms with Gasteiger partial charge in [0.2, 0.25) is 0 Å². The van der Waals surface area contributed by atoms with E-state index in [0.29, 0.717) is 23.3 Å². The lowest BCUT2D eigenvalue weighted by molar-refractivity contribution is 0.00578. The van der Waals surface area contributed by atoms with Gasteiger partial charge in [0.25, 0.3) is 0 Å². The molecule has 2 N–H and O–H groups in total. The minimum Gasteiger partial charge on any atom is -0.508 e. The third-order valence-electron chi connectivity index (χ3n) is 6.38. The highest BCUT2D eigenvalue weighted by Gasteiger charge is 2.54. The first-order valence-corrected chi connectivity index (χ1v) is 9.60. The molecule has 1 spiro atoms. The van der Waals surface area contributed by atoms with Gasteiger partial charge in [0.1, 0.15) is 22.8 Å². The molecule has 3 heterocycles. The topological polar surface area (TPSA) is 60.0 Å². The molecule has 0 saturated carbocycles. The van der Waals surface area contributed by atoms with E-state index in [1.54, 1.807) is 18.2 Å². The van der Waals surface area contributed by atoms with E-state index in [0.717, 1.165) is 25.9 Å². The van der Waals surface area contributed by atoms with Crippen molar-refractivity contribution in [1.29, 1.82) is 0 Å². The van der Waals surface area contributed by atoms with Crippen LogP contribution in [-0.2, 0) is 9.31 Å². The van der Waals surface area contributed by atoms with Gasteiger partial charge >= 0.3 is 7.12 Å². The van der Waals surface area contributed by atoms with Crippen molar-refractivity contribution in [2.24, 2.45) is 0 Å². The van der Waals surface area contributed by atoms with Gasteiger partial charge in [-0.1, -0.05) is 0 Å². The van der Waals surface area contributed by atoms with Crippen molar-refractivity contribution in [3.63, 3.8) is 0 Å². The maximum Gasteiger partial charge on any atom is 0.525 e. The van der Waals surface area contributed by atoms with E-state index in [1.807, 2.05) is 27.7 Å². The van der Waals surface area contributed by atoms with Crippen LogP contribution in [0.25, 0.3) is 5.57 Å². The number of fused-ring (bicyclic) bond motifs is 1. The average molecular weight is 375 g/mol. The zero-order valence-electron chi connectivity index (χ0n) is 16.4. The van der Waals surface area contributed by atoms with Crippen molar-refractivity contribution < 1.29 is 23.5 Å². The highest BCUT2D eigenvalue weighted by molar-refractivity contribution is 6.55. The van der Waals surface area contributed by atoms with E-state index in [2.05, 4.69) is 5.32 Å². The number of aromatic hydroxyl groups is 1. The molecular formula is C20H27BFNO4. The fourth-order valence-electron chi connectivity index (χ4n) is 3.99. The van der Waals surface area contributed by atoms with Gasteiger partial charge in [-0.05, 0) is 77.4 Å². The Morgan fingerprint density at radius 1 is 1.11 bits per heavy atom. The molecule has 0 aromatic heterocycles. The Hall–Kier alpha value is -1.57. The number of hydrogen-bond acceptors (Lipinski definition) is 5. The standard InChI is InChI=1S/C20H27BFNO4/c1-18(2)19(3,4)27-21(26-18)17(22)15-12-20(7-9-23-10-8-20)25-16-6-5-13(24)11-14(15)16/h5-6,11,23-24H,7-10,12H2,1-4H3. The van der Waals surface area contributed by atoms with E-state index in [1.165, 1.54) is 0 Å². The number of nitrogens with one attached hydrogen (secondary N) is 1. The number of ether oxygens (including phenoxy) is 1. The molecular weight excluding hydrogens is 348 g/mol. The van der Waals surface area contributed by atoms with Crippen LogP contribution in [0.3, 0.4) is 0 Å². The highest BCUT2D eigenvalue weighted by Crippen LogP contribution is 2.48. The van der Waals surface area contributed by atoms with Gasteiger partial charge < -0.3 is 24.5 Å². The van der Waals surface area contributed by atoms with E-state index in [4.69, 9.17) is 14.0 Å². The maximum atomic E-state index is 15.7. The summed E-state index contributed by atoms with van der Waals surface area (Å²) in [6, 6.07) is 4.85. The summed E-state index contributed by atoms with van der Waals surface area (Å²) in [4.78, 5) is 0. The molecule has 0 bridgehead atoms. The molecule has 0 atom stereocenters. The van der Waals surface area contributed by atoms with Crippen molar-refractivity contribution in [3.8, 4) is 11.5 Å². The second-order valence-electron chi connectivity index (χ2n) is 8.81. The van der Waals surface area contributed by atoms with Gasteiger partial charge in [-0.15, -0.1) is 0 Å². The fourth-order valence-corrected chi connectivity index (χ4v) is 3.99. The second-order valence-corrected chi connectivity index (χ2v) is 8.81. The molecule has 146 valence electrons. The van der Waals surface area contributed by atoms with E-state index in [-0.39, 0.29) is 5.75 Å². The zero-order valence-corrected chi connectivity index (χ0v) is 16.4. The molecule has 1 aromatic carbocycles. The Bertz CT molecular complexity index is 770. The summed E-state index contributed by atoms with van der Waals surface area (Å²) in [6.45, 7) is 9.29. The monoisotopic (exact) mass is 375 g/mol. The molecule has 2 fully saturated rings. The van der Waals surface area contributed by atoms with Gasteiger partial charge in [-0.25, -0.2) is 4.39 Å². The molecule has 7 heteroatoms. The van der Waals surface area contributed by atoms with Crippen molar-refractivity contribution in [2.45, 2.75) is 63.8 Å².